The van der Waals surface area contributed by atoms with Gasteiger partial charge in [0.25, 0.3) is 5.56 Å². The van der Waals surface area contributed by atoms with Gasteiger partial charge in [-0.1, -0.05) is 0 Å². The number of amides is 1. The van der Waals surface area contributed by atoms with Crippen molar-refractivity contribution in [2.45, 2.75) is 25.5 Å². The second kappa shape index (κ2) is 6.40. The lowest BCUT2D eigenvalue weighted by Gasteiger charge is -2.11. The van der Waals surface area contributed by atoms with Crippen molar-refractivity contribution < 1.29 is 9.53 Å². The molecule has 1 aliphatic rings. The molecule has 1 aliphatic heterocycles. The SMILES string of the molecule is Cn1c(=O)c2c(nc(Cl)n2CC(=O)NCC2CCCO2)n(C)c1=O. The first-order valence-corrected chi connectivity index (χ1v) is 7.98. The van der Waals surface area contributed by atoms with E-state index in [2.05, 4.69) is 10.3 Å². The van der Waals surface area contributed by atoms with E-state index in [-0.39, 0.29) is 35.0 Å². The van der Waals surface area contributed by atoms with Gasteiger partial charge in [0.2, 0.25) is 11.2 Å². The maximum atomic E-state index is 12.4. The van der Waals surface area contributed by atoms with Crippen molar-refractivity contribution in [1.29, 1.82) is 0 Å². The normalized spacial score (nSPS) is 17.5. The Labute approximate surface area is 141 Å². The van der Waals surface area contributed by atoms with Gasteiger partial charge in [0.1, 0.15) is 6.54 Å². The molecule has 1 atom stereocenters. The largest absolute Gasteiger partial charge is 0.376 e. The number of imidazole rings is 1. The summed E-state index contributed by atoms with van der Waals surface area (Å²) in [4.78, 5) is 40.5. The summed E-state index contributed by atoms with van der Waals surface area (Å²) in [7, 11) is 2.86. The molecule has 3 rings (SSSR count). The van der Waals surface area contributed by atoms with Crippen LogP contribution in [0.1, 0.15) is 12.8 Å². The maximum Gasteiger partial charge on any atom is 0.332 e. The lowest BCUT2D eigenvalue weighted by molar-refractivity contribution is -0.122. The molecule has 130 valence electrons. The molecule has 1 saturated heterocycles. The van der Waals surface area contributed by atoms with Crippen LogP contribution in [-0.4, -0.2) is 43.8 Å². The number of hydrogen-bond donors (Lipinski definition) is 1. The molecule has 3 heterocycles. The Kier molecular flexibility index (Phi) is 4.46. The van der Waals surface area contributed by atoms with E-state index in [0.29, 0.717) is 13.2 Å². The molecule has 1 amide bonds. The number of ether oxygens (including phenoxy) is 1. The molecule has 2 aromatic rings. The van der Waals surface area contributed by atoms with E-state index in [4.69, 9.17) is 16.3 Å². The van der Waals surface area contributed by atoms with Crippen molar-refractivity contribution >= 4 is 28.7 Å². The van der Waals surface area contributed by atoms with Crippen LogP contribution < -0.4 is 16.6 Å². The van der Waals surface area contributed by atoms with E-state index in [0.717, 1.165) is 17.4 Å². The molecular formula is C14H18ClN5O4. The number of rotatable bonds is 4. The molecule has 2 aromatic heterocycles. The fourth-order valence-corrected chi connectivity index (χ4v) is 3.02. The summed E-state index contributed by atoms with van der Waals surface area (Å²) >= 11 is 6.07. The molecule has 0 aromatic carbocycles. The molecule has 10 heteroatoms. The number of fused-ring (bicyclic) bond motifs is 1. The van der Waals surface area contributed by atoms with Crippen LogP contribution in [0.3, 0.4) is 0 Å². The van der Waals surface area contributed by atoms with Gasteiger partial charge < -0.3 is 10.1 Å². The van der Waals surface area contributed by atoms with Gasteiger partial charge in [0.05, 0.1) is 6.10 Å². The van der Waals surface area contributed by atoms with Crippen LogP contribution in [0.5, 0.6) is 0 Å². The van der Waals surface area contributed by atoms with Gasteiger partial charge in [-0.15, -0.1) is 0 Å². The average Bonchev–Trinajstić information content (AvgIpc) is 3.18. The molecule has 1 unspecified atom stereocenters. The third-order valence-electron chi connectivity index (χ3n) is 4.15. The van der Waals surface area contributed by atoms with Crippen molar-refractivity contribution in [1.82, 2.24) is 24.0 Å². The molecular weight excluding hydrogens is 338 g/mol. The average molecular weight is 356 g/mol. The summed E-state index contributed by atoms with van der Waals surface area (Å²) in [5, 5.41) is 2.75. The Balaban J connectivity index is 1.89. The molecule has 0 aliphatic carbocycles. The van der Waals surface area contributed by atoms with Crippen LogP contribution in [-0.2, 0) is 30.2 Å². The predicted molar refractivity (Wildman–Crippen MR) is 87.2 cm³/mol. The molecule has 24 heavy (non-hydrogen) atoms. The lowest BCUT2D eigenvalue weighted by Crippen LogP contribution is -2.38. The summed E-state index contributed by atoms with van der Waals surface area (Å²) in [6.07, 6.45) is 1.93. The van der Waals surface area contributed by atoms with Gasteiger partial charge in [-0.3, -0.25) is 23.3 Å². The number of carbonyl (C=O) groups excluding carboxylic acids is 1. The molecule has 0 saturated carbocycles. The van der Waals surface area contributed by atoms with Crippen LogP contribution in [0.4, 0.5) is 0 Å². The predicted octanol–water partition coefficient (Wildman–Crippen LogP) is -0.618. The quantitative estimate of drug-likeness (QED) is 0.737. The topological polar surface area (TPSA) is 100 Å². The van der Waals surface area contributed by atoms with Crippen LogP contribution in [0.2, 0.25) is 5.28 Å². The number of hydrogen-bond acceptors (Lipinski definition) is 5. The smallest absolute Gasteiger partial charge is 0.332 e. The Morgan fingerprint density at radius 1 is 1.38 bits per heavy atom. The third-order valence-corrected chi connectivity index (χ3v) is 4.44. The molecule has 1 fully saturated rings. The molecule has 1 N–H and O–H groups in total. The number of carbonyl (C=O) groups is 1. The lowest BCUT2D eigenvalue weighted by atomic mass is 10.2. The minimum Gasteiger partial charge on any atom is -0.376 e. The first-order valence-electron chi connectivity index (χ1n) is 7.60. The molecule has 9 nitrogen and oxygen atoms in total. The number of aryl methyl sites for hydroxylation is 1. The van der Waals surface area contributed by atoms with E-state index in [9.17, 15) is 14.4 Å². The van der Waals surface area contributed by atoms with Gasteiger partial charge in [-0.2, -0.15) is 4.98 Å². The van der Waals surface area contributed by atoms with Gasteiger partial charge in [0.15, 0.2) is 11.2 Å². The zero-order chi connectivity index (χ0) is 17.4. The summed E-state index contributed by atoms with van der Waals surface area (Å²) in [6, 6.07) is 0. The zero-order valence-corrected chi connectivity index (χ0v) is 14.2. The van der Waals surface area contributed by atoms with Crippen LogP contribution in [0, 0.1) is 0 Å². The first kappa shape index (κ1) is 16.7. The second-order valence-corrected chi connectivity index (χ2v) is 6.12. The molecule has 0 spiro atoms. The van der Waals surface area contributed by atoms with Gasteiger partial charge >= 0.3 is 5.69 Å². The second-order valence-electron chi connectivity index (χ2n) is 5.78. The number of halogens is 1. The van der Waals surface area contributed by atoms with Crippen LogP contribution in [0.25, 0.3) is 11.2 Å². The van der Waals surface area contributed by atoms with Crippen molar-refractivity contribution in [3.8, 4) is 0 Å². The number of nitrogens with one attached hydrogen (secondary N) is 1. The van der Waals surface area contributed by atoms with Gasteiger partial charge in [0, 0.05) is 27.2 Å². The van der Waals surface area contributed by atoms with Crippen LogP contribution in [0.15, 0.2) is 9.59 Å². The highest BCUT2D eigenvalue weighted by atomic mass is 35.5. The fourth-order valence-electron chi connectivity index (χ4n) is 2.80. The first-order chi connectivity index (χ1) is 11.4. The molecule has 0 bridgehead atoms. The molecule has 0 radical (unpaired) electrons. The zero-order valence-electron chi connectivity index (χ0n) is 13.4. The van der Waals surface area contributed by atoms with Crippen LogP contribution >= 0.6 is 11.6 Å². The fraction of sp³-hybridized carbons (Fsp3) is 0.571. The van der Waals surface area contributed by atoms with Crippen molar-refractivity contribution in [3.63, 3.8) is 0 Å². The minimum absolute atomic E-state index is 0.0180. The summed E-state index contributed by atoms with van der Waals surface area (Å²) < 4.78 is 8.94. The van der Waals surface area contributed by atoms with Crippen molar-refractivity contribution in [2.24, 2.45) is 14.1 Å². The Hall–Kier alpha value is -2.13. The third kappa shape index (κ3) is 2.84. The Morgan fingerprint density at radius 3 is 2.79 bits per heavy atom. The van der Waals surface area contributed by atoms with E-state index in [1.807, 2.05) is 0 Å². The highest BCUT2D eigenvalue weighted by Crippen LogP contribution is 2.15. The summed E-state index contributed by atoms with van der Waals surface area (Å²) in [5.41, 5.74) is -0.770. The van der Waals surface area contributed by atoms with E-state index >= 15 is 0 Å². The Morgan fingerprint density at radius 2 is 2.12 bits per heavy atom. The monoisotopic (exact) mass is 355 g/mol. The van der Waals surface area contributed by atoms with Crippen molar-refractivity contribution in [2.75, 3.05) is 13.2 Å². The summed E-state index contributed by atoms with van der Waals surface area (Å²) in [5.74, 6) is -0.303. The van der Waals surface area contributed by atoms with Gasteiger partial charge in [-0.25, -0.2) is 4.79 Å². The van der Waals surface area contributed by atoms with Crippen molar-refractivity contribution in [3.05, 3.63) is 26.1 Å². The number of nitrogens with zero attached hydrogens (tertiary/aromatic N) is 4. The number of aromatic nitrogens is 4. The minimum atomic E-state index is -0.542. The van der Waals surface area contributed by atoms with Gasteiger partial charge in [-0.05, 0) is 24.4 Å². The highest BCUT2D eigenvalue weighted by Gasteiger charge is 2.21. The summed E-state index contributed by atoms with van der Waals surface area (Å²) in [6.45, 7) is 0.970. The van der Waals surface area contributed by atoms with E-state index in [1.165, 1.54) is 23.2 Å². The Bertz CT molecular complexity index is 906. The van der Waals surface area contributed by atoms with E-state index < -0.39 is 11.2 Å². The van der Waals surface area contributed by atoms with E-state index in [1.54, 1.807) is 0 Å². The maximum absolute atomic E-state index is 12.4. The standard InChI is InChI=1S/C14H18ClN5O4/c1-18-11-10(12(22)19(2)14(18)23)20(13(15)17-11)7-9(21)16-6-8-4-3-5-24-8/h8H,3-7H2,1-2H3,(H,16,21). The highest BCUT2D eigenvalue weighted by molar-refractivity contribution is 6.29.